The molecule has 0 aromatic heterocycles. The van der Waals surface area contributed by atoms with Gasteiger partial charge in [0.05, 0.1) is 20.6 Å². The first-order valence-corrected chi connectivity index (χ1v) is 11.8. The van der Waals surface area contributed by atoms with E-state index >= 15 is 0 Å². The molecule has 0 aromatic rings. The smallest absolute Gasteiger partial charge is 0.303 e. The van der Waals surface area contributed by atoms with Crippen LogP contribution in [0.15, 0.2) is 0 Å². The summed E-state index contributed by atoms with van der Waals surface area (Å²) in [5, 5.41) is 19.3. The fourth-order valence-corrected chi connectivity index (χ4v) is 3.12. The van der Waals surface area contributed by atoms with Crippen molar-refractivity contribution < 1.29 is 14.5 Å². The zero-order valence-electron chi connectivity index (χ0n) is 19.2. The Labute approximate surface area is 175 Å². The SMILES string of the molecule is CCCCCCCCCCCCCCCCCC(=O)O.C[N+](C)([O-])CCCN. The van der Waals surface area contributed by atoms with Crippen LogP contribution >= 0.6 is 0 Å². The van der Waals surface area contributed by atoms with E-state index in [-0.39, 0.29) is 4.65 Å². The Kier molecular flexibility index (Phi) is 23.9. The van der Waals surface area contributed by atoms with Gasteiger partial charge in [-0.2, -0.15) is 0 Å². The number of rotatable bonds is 19. The molecule has 0 aliphatic rings. The van der Waals surface area contributed by atoms with Crippen LogP contribution in [-0.4, -0.2) is 42.9 Å². The third-order valence-corrected chi connectivity index (χ3v) is 4.89. The second kappa shape index (κ2) is 22.6. The maximum absolute atomic E-state index is 10.7. The standard InChI is InChI=1S/C18H36O2.C5H14N2O/c1-2-3-4-5-6-7-8-9-10-11-12-13-14-15-16-17-18(19)20;1-7(2,8)5-3-4-6/h2-17H2,1H3,(H,19,20);3-6H2,1-2H3. The van der Waals surface area contributed by atoms with Crippen molar-refractivity contribution in [3.8, 4) is 0 Å². The molecule has 0 unspecified atom stereocenters. The van der Waals surface area contributed by atoms with Crippen LogP contribution in [-0.2, 0) is 4.79 Å². The van der Waals surface area contributed by atoms with Gasteiger partial charge in [-0.1, -0.05) is 96.8 Å². The van der Waals surface area contributed by atoms with Crippen molar-refractivity contribution in [2.75, 3.05) is 27.2 Å². The molecule has 0 saturated carbocycles. The average Bonchev–Trinajstić information content (AvgIpc) is 2.63. The van der Waals surface area contributed by atoms with E-state index < -0.39 is 5.97 Å². The highest BCUT2D eigenvalue weighted by Gasteiger charge is 1.98. The molecule has 0 rings (SSSR count). The predicted molar refractivity (Wildman–Crippen MR) is 121 cm³/mol. The minimum Gasteiger partial charge on any atom is -0.633 e. The fraction of sp³-hybridized carbons (Fsp3) is 0.957. The van der Waals surface area contributed by atoms with Gasteiger partial charge in [-0.15, -0.1) is 0 Å². The highest BCUT2D eigenvalue weighted by Crippen LogP contribution is 2.13. The van der Waals surface area contributed by atoms with Gasteiger partial charge in [0.15, 0.2) is 0 Å². The second-order valence-electron chi connectivity index (χ2n) is 8.53. The third-order valence-electron chi connectivity index (χ3n) is 4.89. The molecule has 0 saturated heterocycles. The number of carboxylic acids is 1. The highest BCUT2D eigenvalue weighted by atomic mass is 16.5. The van der Waals surface area contributed by atoms with Gasteiger partial charge in [0, 0.05) is 12.8 Å². The van der Waals surface area contributed by atoms with Gasteiger partial charge in [0.25, 0.3) is 0 Å². The number of hydrogen-bond donors (Lipinski definition) is 2. The first-order valence-electron chi connectivity index (χ1n) is 11.8. The summed E-state index contributed by atoms with van der Waals surface area (Å²) in [6.07, 6.45) is 21.0. The zero-order valence-corrected chi connectivity index (χ0v) is 19.2. The van der Waals surface area contributed by atoms with E-state index in [0.29, 0.717) is 19.5 Å². The molecule has 5 nitrogen and oxygen atoms in total. The Bertz CT molecular complexity index is 317. The van der Waals surface area contributed by atoms with Crippen LogP contribution < -0.4 is 5.73 Å². The van der Waals surface area contributed by atoms with Crippen molar-refractivity contribution in [1.82, 2.24) is 0 Å². The Morgan fingerprint density at radius 1 is 0.750 bits per heavy atom. The van der Waals surface area contributed by atoms with E-state index in [9.17, 15) is 10.0 Å². The van der Waals surface area contributed by atoms with Crippen molar-refractivity contribution in [3.63, 3.8) is 0 Å². The lowest BCUT2D eigenvalue weighted by Gasteiger charge is -2.33. The molecule has 0 atom stereocenters. The van der Waals surface area contributed by atoms with Gasteiger partial charge in [0.1, 0.15) is 0 Å². The zero-order chi connectivity index (χ0) is 21.5. The fourth-order valence-electron chi connectivity index (χ4n) is 3.12. The van der Waals surface area contributed by atoms with Crippen molar-refractivity contribution in [3.05, 3.63) is 5.21 Å². The minimum absolute atomic E-state index is 0.225. The average molecular weight is 403 g/mol. The molecule has 28 heavy (non-hydrogen) atoms. The third kappa shape index (κ3) is 33.0. The van der Waals surface area contributed by atoms with Gasteiger partial charge >= 0.3 is 5.97 Å². The molecule has 3 N–H and O–H groups in total. The Balaban J connectivity index is 0. The minimum atomic E-state index is -0.653. The van der Waals surface area contributed by atoms with E-state index in [4.69, 9.17) is 10.8 Å². The number of quaternary nitrogens is 1. The number of aliphatic carboxylic acids is 1. The molecule has 0 aliphatic carbocycles. The molecule has 5 heteroatoms. The van der Waals surface area contributed by atoms with Crippen LogP contribution in [0.3, 0.4) is 0 Å². The largest absolute Gasteiger partial charge is 0.633 e. The van der Waals surface area contributed by atoms with Gasteiger partial charge in [-0.3, -0.25) is 4.79 Å². The van der Waals surface area contributed by atoms with Gasteiger partial charge in [0.2, 0.25) is 0 Å². The summed E-state index contributed by atoms with van der Waals surface area (Å²) >= 11 is 0. The van der Waals surface area contributed by atoms with E-state index in [1.807, 2.05) is 0 Å². The van der Waals surface area contributed by atoms with E-state index in [1.165, 1.54) is 83.5 Å². The summed E-state index contributed by atoms with van der Waals surface area (Å²) in [6, 6.07) is 0. The molecule has 0 amide bonds. The first kappa shape index (κ1) is 29.6. The van der Waals surface area contributed by atoms with Gasteiger partial charge in [-0.25, -0.2) is 0 Å². The molecule has 0 radical (unpaired) electrons. The molecule has 0 fully saturated rings. The summed E-state index contributed by atoms with van der Waals surface area (Å²) in [4.78, 5) is 10.3. The number of nitrogens with zero attached hydrogens (tertiary/aromatic N) is 1. The van der Waals surface area contributed by atoms with Gasteiger partial charge in [-0.05, 0) is 13.0 Å². The number of hydroxylamine groups is 3. The molecular weight excluding hydrogens is 352 g/mol. The topological polar surface area (TPSA) is 86.4 Å². The molecule has 0 bridgehead atoms. The molecule has 0 aromatic carbocycles. The number of carbonyl (C=O) groups is 1. The normalized spacial score (nSPS) is 11.2. The van der Waals surface area contributed by atoms with Crippen LogP contribution in [0.4, 0.5) is 0 Å². The summed E-state index contributed by atoms with van der Waals surface area (Å²) in [7, 11) is 3.24. The first-order chi connectivity index (χ1) is 13.3. The molecule has 170 valence electrons. The van der Waals surface area contributed by atoms with Crippen LogP contribution in [0.25, 0.3) is 0 Å². The molecular formula is C23H50N2O3. The van der Waals surface area contributed by atoms with Crippen LogP contribution in [0.1, 0.15) is 116 Å². The summed E-state index contributed by atoms with van der Waals surface area (Å²) in [5.41, 5.74) is 5.19. The number of hydrogen-bond acceptors (Lipinski definition) is 3. The quantitative estimate of drug-likeness (QED) is 0.152. The second-order valence-corrected chi connectivity index (χ2v) is 8.53. The summed E-state index contributed by atoms with van der Waals surface area (Å²) in [5.74, 6) is -0.653. The Morgan fingerprint density at radius 3 is 1.36 bits per heavy atom. The number of unbranched alkanes of at least 4 members (excludes halogenated alkanes) is 14. The Hall–Kier alpha value is -0.650. The molecule has 0 spiro atoms. The lowest BCUT2D eigenvalue weighted by Crippen LogP contribution is -2.34. The van der Waals surface area contributed by atoms with Crippen molar-refractivity contribution in [2.24, 2.45) is 5.73 Å². The lowest BCUT2D eigenvalue weighted by molar-refractivity contribution is -0.840. The maximum Gasteiger partial charge on any atom is 0.303 e. The van der Waals surface area contributed by atoms with Gasteiger partial charge < -0.3 is 20.7 Å². The molecule has 0 aliphatic heterocycles. The lowest BCUT2D eigenvalue weighted by atomic mass is 10.0. The predicted octanol–water partition coefficient (Wildman–Crippen LogP) is 6.24. The van der Waals surface area contributed by atoms with Crippen LogP contribution in [0.2, 0.25) is 0 Å². The highest BCUT2D eigenvalue weighted by molar-refractivity contribution is 5.66. The number of nitrogens with two attached hydrogens (primary N) is 1. The van der Waals surface area contributed by atoms with Crippen molar-refractivity contribution in [2.45, 2.75) is 116 Å². The Morgan fingerprint density at radius 2 is 1.11 bits per heavy atom. The molecule has 0 heterocycles. The van der Waals surface area contributed by atoms with Crippen LogP contribution in [0, 0.1) is 5.21 Å². The summed E-state index contributed by atoms with van der Waals surface area (Å²) < 4.78 is -0.225. The van der Waals surface area contributed by atoms with E-state index in [0.717, 1.165) is 19.3 Å². The monoisotopic (exact) mass is 402 g/mol. The van der Waals surface area contributed by atoms with Crippen molar-refractivity contribution in [1.29, 1.82) is 0 Å². The number of carboxylic acid groups (broad SMARTS) is 1. The maximum atomic E-state index is 10.7. The van der Waals surface area contributed by atoms with Crippen LogP contribution in [0.5, 0.6) is 0 Å². The van der Waals surface area contributed by atoms with E-state index in [2.05, 4.69) is 6.92 Å². The van der Waals surface area contributed by atoms with E-state index in [1.54, 1.807) is 14.1 Å². The van der Waals surface area contributed by atoms with Crippen molar-refractivity contribution >= 4 is 5.97 Å². The summed E-state index contributed by atoms with van der Waals surface area (Å²) in [6.45, 7) is 3.51.